The van der Waals surface area contributed by atoms with E-state index in [0.717, 1.165) is 17.9 Å². The minimum Gasteiger partial charge on any atom is -0.324 e. The molecule has 0 aromatic rings. The van der Waals surface area contributed by atoms with E-state index in [1.807, 2.05) is 0 Å². The number of hydrogen-bond donors (Lipinski definition) is 2. The molecule has 0 aliphatic heterocycles. The molecule has 0 aromatic heterocycles. The molecule has 11 heavy (non-hydrogen) atoms. The van der Waals surface area contributed by atoms with Gasteiger partial charge in [-0.25, -0.2) is 0 Å². The Labute approximate surface area is 71.7 Å². The molecule has 3 nitrogen and oxygen atoms in total. The van der Waals surface area contributed by atoms with E-state index < -0.39 is 7.60 Å². The molecule has 0 spiro atoms. The van der Waals surface area contributed by atoms with Crippen LogP contribution in [0, 0.1) is 0 Å². The van der Waals surface area contributed by atoms with Gasteiger partial charge in [0.05, 0.1) is 0 Å². The summed E-state index contributed by atoms with van der Waals surface area (Å²) in [6.07, 6.45) is 1.58. The third kappa shape index (κ3) is 10.5. The Bertz CT molecular complexity index is 134. The molecule has 68 valence electrons. The zero-order valence-electron chi connectivity index (χ0n) is 6.69. The number of thioether (sulfide) groups is 1. The number of hydrogen-bond acceptors (Lipinski definition) is 2. The Morgan fingerprint density at radius 3 is 2.45 bits per heavy atom. The zero-order chi connectivity index (χ0) is 8.74. The highest BCUT2D eigenvalue weighted by Crippen LogP contribution is 2.35. The molecule has 0 amide bonds. The van der Waals surface area contributed by atoms with Crippen LogP contribution in [-0.2, 0) is 4.57 Å². The van der Waals surface area contributed by atoms with Crippen molar-refractivity contribution in [2.45, 2.75) is 19.8 Å². The van der Waals surface area contributed by atoms with E-state index >= 15 is 0 Å². The van der Waals surface area contributed by atoms with Crippen molar-refractivity contribution in [1.29, 1.82) is 0 Å². The van der Waals surface area contributed by atoms with E-state index in [9.17, 15) is 4.57 Å². The van der Waals surface area contributed by atoms with Gasteiger partial charge in [0.1, 0.15) is 0 Å². The molecule has 0 fully saturated rings. The SMILES string of the molecule is CCSCCCCP(=O)(O)O. The third-order valence-corrected chi connectivity index (χ3v) is 3.08. The molecule has 0 aliphatic carbocycles. The summed E-state index contributed by atoms with van der Waals surface area (Å²) >= 11 is 1.81. The van der Waals surface area contributed by atoms with Gasteiger partial charge >= 0.3 is 7.60 Å². The minimum absolute atomic E-state index is 0.0390. The van der Waals surface area contributed by atoms with Crippen molar-refractivity contribution >= 4 is 19.4 Å². The highest BCUT2D eigenvalue weighted by Gasteiger charge is 2.10. The summed E-state index contributed by atoms with van der Waals surface area (Å²) in [5, 5.41) is 0. The normalized spacial score (nSPS) is 11.9. The van der Waals surface area contributed by atoms with Gasteiger partial charge < -0.3 is 9.79 Å². The van der Waals surface area contributed by atoms with Crippen molar-refractivity contribution in [3.63, 3.8) is 0 Å². The predicted molar refractivity (Wildman–Crippen MR) is 49.1 cm³/mol. The molecule has 0 radical (unpaired) electrons. The average Bonchev–Trinajstić information content (AvgIpc) is 1.85. The number of rotatable bonds is 6. The van der Waals surface area contributed by atoms with E-state index in [1.54, 1.807) is 11.8 Å². The van der Waals surface area contributed by atoms with Crippen LogP contribution in [0.2, 0.25) is 0 Å². The van der Waals surface area contributed by atoms with Crippen LogP contribution in [0.25, 0.3) is 0 Å². The Morgan fingerprint density at radius 1 is 1.36 bits per heavy atom. The first kappa shape index (κ1) is 11.5. The van der Waals surface area contributed by atoms with Gasteiger partial charge in [0.25, 0.3) is 0 Å². The fourth-order valence-electron chi connectivity index (χ4n) is 0.666. The van der Waals surface area contributed by atoms with Gasteiger partial charge in [-0.15, -0.1) is 0 Å². The third-order valence-electron chi connectivity index (χ3n) is 1.19. The molecule has 0 heterocycles. The Balaban J connectivity index is 3.09. The Hall–Kier alpha value is 0.500. The standard InChI is InChI=1S/C6H15O3PS/c1-2-11-6-4-3-5-10(7,8)9/h2-6H2,1H3,(H2,7,8,9). The lowest BCUT2D eigenvalue weighted by atomic mass is 10.4. The van der Waals surface area contributed by atoms with Gasteiger partial charge in [0.15, 0.2) is 0 Å². The molecule has 0 bridgehead atoms. The topological polar surface area (TPSA) is 57.5 Å². The maximum atomic E-state index is 10.4. The highest BCUT2D eigenvalue weighted by atomic mass is 32.2. The molecule has 0 rings (SSSR count). The first-order valence-electron chi connectivity index (χ1n) is 3.68. The largest absolute Gasteiger partial charge is 0.325 e. The molecular weight excluding hydrogens is 183 g/mol. The van der Waals surface area contributed by atoms with Gasteiger partial charge in [-0.3, -0.25) is 4.57 Å². The van der Waals surface area contributed by atoms with Crippen molar-refractivity contribution in [3.8, 4) is 0 Å². The zero-order valence-corrected chi connectivity index (χ0v) is 8.40. The lowest BCUT2D eigenvalue weighted by molar-refractivity contribution is 0.371. The molecule has 0 saturated heterocycles. The Kier molecular flexibility index (Phi) is 6.34. The van der Waals surface area contributed by atoms with E-state index in [4.69, 9.17) is 9.79 Å². The lowest BCUT2D eigenvalue weighted by Gasteiger charge is -2.02. The highest BCUT2D eigenvalue weighted by molar-refractivity contribution is 7.99. The lowest BCUT2D eigenvalue weighted by Crippen LogP contribution is -1.89. The minimum atomic E-state index is -3.72. The summed E-state index contributed by atoms with van der Waals surface area (Å²) in [4.78, 5) is 17.0. The molecule has 0 aromatic carbocycles. The van der Waals surface area contributed by atoms with Crippen LogP contribution in [-0.4, -0.2) is 27.5 Å². The molecule has 5 heteroatoms. The molecule has 0 saturated carbocycles. The van der Waals surface area contributed by atoms with Crippen LogP contribution in [0.1, 0.15) is 19.8 Å². The van der Waals surface area contributed by atoms with Gasteiger partial charge in [-0.1, -0.05) is 6.92 Å². The van der Waals surface area contributed by atoms with Gasteiger partial charge in [-0.2, -0.15) is 11.8 Å². The second-order valence-electron chi connectivity index (χ2n) is 2.29. The van der Waals surface area contributed by atoms with Crippen LogP contribution in [0.5, 0.6) is 0 Å². The summed E-state index contributed by atoms with van der Waals surface area (Å²) in [7, 11) is -3.72. The molecule has 2 N–H and O–H groups in total. The van der Waals surface area contributed by atoms with Crippen molar-refractivity contribution in [2.75, 3.05) is 17.7 Å². The first-order valence-corrected chi connectivity index (χ1v) is 6.64. The molecular formula is C6H15O3PS. The second-order valence-corrected chi connectivity index (χ2v) is 5.46. The quantitative estimate of drug-likeness (QED) is 0.503. The van der Waals surface area contributed by atoms with Gasteiger partial charge in [0.2, 0.25) is 0 Å². The maximum absolute atomic E-state index is 10.4. The summed E-state index contributed by atoms with van der Waals surface area (Å²) in [6, 6.07) is 0. The summed E-state index contributed by atoms with van der Waals surface area (Å²) < 4.78 is 10.4. The summed E-state index contributed by atoms with van der Waals surface area (Å²) in [6.45, 7) is 2.08. The van der Waals surface area contributed by atoms with Crippen molar-refractivity contribution in [3.05, 3.63) is 0 Å². The van der Waals surface area contributed by atoms with Gasteiger partial charge in [-0.05, 0) is 24.3 Å². The Morgan fingerprint density at radius 2 is 2.00 bits per heavy atom. The molecule has 0 atom stereocenters. The van der Waals surface area contributed by atoms with E-state index in [1.165, 1.54) is 0 Å². The molecule has 0 unspecified atom stereocenters. The average molecular weight is 198 g/mol. The smallest absolute Gasteiger partial charge is 0.324 e. The fourth-order valence-corrected chi connectivity index (χ4v) is 2.00. The second kappa shape index (κ2) is 6.06. The van der Waals surface area contributed by atoms with Crippen LogP contribution in [0.3, 0.4) is 0 Å². The summed E-state index contributed by atoms with van der Waals surface area (Å²) in [5.41, 5.74) is 0. The predicted octanol–water partition coefficient (Wildman–Crippen LogP) is 1.70. The maximum Gasteiger partial charge on any atom is 0.325 e. The van der Waals surface area contributed by atoms with Crippen LogP contribution < -0.4 is 0 Å². The summed E-state index contributed by atoms with van der Waals surface area (Å²) in [5.74, 6) is 2.09. The van der Waals surface area contributed by atoms with Crippen LogP contribution in [0.4, 0.5) is 0 Å². The van der Waals surface area contributed by atoms with E-state index in [0.29, 0.717) is 6.42 Å². The monoisotopic (exact) mass is 198 g/mol. The number of unbranched alkanes of at least 4 members (excludes halogenated alkanes) is 1. The van der Waals surface area contributed by atoms with Crippen molar-refractivity contribution in [1.82, 2.24) is 0 Å². The van der Waals surface area contributed by atoms with E-state index in [-0.39, 0.29) is 6.16 Å². The van der Waals surface area contributed by atoms with E-state index in [2.05, 4.69) is 6.92 Å². The van der Waals surface area contributed by atoms with Crippen molar-refractivity contribution in [2.24, 2.45) is 0 Å². The van der Waals surface area contributed by atoms with Crippen molar-refractivity contribution < 1.29 is 14.4 Å². The molecule has 0 aliphatic rings. The first-order chi connectivity index (χ1) is 5.06. The van der Waals surface area contributed by atoms with Gasteiger partial charge in [0, 0.05) is 6.16 Å². The van der Waals surface area contributed by atoms with Crippen LogP contribution in [0.15, 0.2) is 0 Å². The van der Waals surface area contributed by atoms with Crippen LogP contribution >= 0.6 is 19.4 Å². The fraction of sp³-hybridized carbons (Fsp3) is 1.00.